The van der Waals surface area contributed by atoms with E-state index < -0.39 is 0 Å². The minimum atomic E-state index is 0.629. The smallest absolute Gasteiger partial charge is 0.134 e. The van der Waals surface area contributed by atoms with Gasteiger partial charge in [-0.1, -0.05) is 49.1 Å². The Morgan fingerprint density at radius 1 is 1.25 bits per heavy atom. The number of alkyl halides is 1. The molecule has 0 bridgehead atoms. The van der Waals surface area contributed by atoms with Crippen LogP contribution in [-0.2, 0) is 0 Å². The highest BCUT2D eigenvalue weighted by molar-refractivity contribution is 6.19. The van der Waals surface area contributed by atoms with Crippen LogP contribution in [0.5, 0.6) is 0 Å². The SMILES string of the molecule is Cc1oc2ccccc2c1/C=C(/CCl)C1CCCCC1. The molecule has 106 valence electrons. The first-order valence-corrected chi connectivity index (χ1v) is 8.07. The largest absolute Gasteiger partial charge is 0.461 e. The number of benzene rings is 1. The van der Waals surface area contributed by atoms with E-state index in [0.29, 0.717) is 11.8 Å². The van der Waals surface area contributed by atoms with Gasteiger partial charge in [-0.3, -0.25) is 0 Å². The summed E-state index contributed by atoms with van der Waals surface area (Å²) in [6, 6.07) is 8.24. The van der Waals surface area contributed by atoms with Crippen LogP contribution in [-0.4, -0.2) is 5.88 Å². The molecule has 0 atom stereocenters. The summed E-state index contributed by atoms with van der Waals surface area (Å²) in [6.45, 7) is 2.04. The molecule has 1 heterocycles. The minimum absolute atomic E-state index is 0.629. The van der Waals surface area contributed by atoms with Gasteiger partial charge < -0.3 is 4.42 Å². The first-order valence-electron chi connectivity index (χ1n) is 7.54. The molecule has 1 nitrogen and oxygen atoms in total. The molecule has 0 spiro atoms. The van der Waals surface area contributed by atoms with Crippen LogP contribution in [0.3, 0.4) is 0 Å². The topological polar surface area (TPSA) is 13.1 Å². The van der Waals surface area contributed by atoms with E-state index in [2.05, 4.69) is 18.2 Å². The Labute approximate surface area is 125 Å². The van der Waals surface area contributed by atoms with Crippen molar-refractivity contribution in [3.63, 3.8) is 0 Å². The second-order valence-electron chi connectivity index (χ2n) is 5.76. The standard InChI is InChI=1S/C18H21ClO/c1-13-17(16-9-5-6-10-18(16)20-13)11-15(12-19)14-7-3-2-4-8-14/h5-6,9-11,14H,2-4,7-8,12H2,1H3/b15-11-. The molecular weight excluding hydrogens is 268 g/mol. The average molecular weight is 289 g/mol. The van der Waals surface area contributed by atoms with Crippen LogP contribution >= 0.6 is 11.6 Å². The summed E-state index contributed by atoms with van der Waals surface area (Å²) in [6.07, 6.45) is 8.90. The number of furan rings is 1. The number of allylic oxidation sites excluding steroid dienone is 1. The van der Waals surface area contributed by atoms with Gasteiger partial charge in [0.1, 0.15) is 11.3 Å². The Morgan fingerprint density at radius 3 is 2.75 bits per heavy atom. The van der Waals surface area contributed by atoms with Gasteiger partial charge in [-0.15, -0.1) is 11.6 Å². The van der Waals surface area contributed by atoms with Crippen LogP contribution in [0.15, 0.2) is 34.3 Å². The van der Waals surface area contributed by atoms with Crippen LogP contribution < -0.4 is 0 Å². The van der Waals surface area contributed by atoms with Gasteiger partial charge in [0, 0.05) is 16.8 Å². The number of fused-ring (bicyclic) bond motifs is 1. The molecule has 2 aromatic rings. The predicted octanol–water partition coefficient (Wildman–Crippen LogP) is 5.94. The van der Waals surface area contributed by atoms with Gasteiger partial charge in [0.15, 0.2) is 0 Å². The fraction of sp³-hybridized carbons (Fsp3) is 0.444. The molecule has 1 aromatic carbocycles. The Kier molecular flexibility index (Phi) is 4.16. The number of hydrogen-bond donors (Lipinski definition) is 0. The quantitative estimate of drug-likeness (QED) is 0.637. The summed E-state index contributed by atoms with van der Waals surface area (Å²) < 4.78 is 5.84. The summed E-state index contributed by atoms with van der Waals surface area (Å²) in [4.78, 5) is 0. The third-order valence-electron chi connectivity index (χ3n) is 4.43. The monoisotopic (exact) mass is 288 g/mol. The molecule has 1 fully saturated rings. The molecule has 20 heavy (non-hydrogen) atoms. The summed E-state index contributed by atoms with van der Waals surface area (Å²) >= 11 is 6.22. The van der Waals surface area contributed by atoms with Gasteiger partial charge in [0.05, 0.1) is 0 Å². The Morgan fingerprint density at radius 2 is 2.00 bits per heavy atom. The van der Waals surface area contributed by atoms with E-state index in [1.165, 1.54) is 48.6 Å². The van der Waals surface area contributed by atoms with Crippen molar-refractivity contribution in [1.29, 1.82) is 0 Å². The molecule has 0 radical (unpaired) electrons. The van der Waals surface area contributed by atoms with E-state index in [1.54, 1.807) is 0 Å². The summed E-state index contributed by atoms with van der Waals surface area (Å²) in [5.74, 6) is 2.28. The average Bonchev–Trinajstić information content (AvgIpc) is 2.81. The fourth-order valence-electron chi connectivity index (χ4n) is 3.29. The van der Waals surface area contributed by atoms with Crippen molar-refractivity contribution >= 4 is 28.6 Å². The van der Waals surface area contributed by atoms with Crippen molar-refractivity contribution in [2.45, 2.75) is 39.0 Å². The lowest BCUT2D eigenvalue weighted by Gasteiger charge is -2.23. The maximum Gasteiger partial charge on any atom is 0.134 e. The van der Waals surface area contributed by atoms with E-state index in [4.69, 9.17) is 16.0 Å². The zero-order valence-electron chi connectivity index (χ0n) is 12.0. The van der Waals surface area contributed by atoms with Gasteiger partial charge in [0.2, 0.25) is 0 Å². The van der Waals surface area contributed by atoms with Crippen molar-refractivity contribution in [1.82, 2.24) is 0 Å². The molecular formula is C18H21ClO. The lowest BCUT2D eigenvalue weighted by molar-refractivity contribution is 0.405. The van der Waals surface area contributed by atoms with Crippen LogP contribution in [0.4, 0.5) is 0 Å². The first-order chi connectivity index (χ1) is 9.79. The molecule has 0 saturated heterocycles. The van der Waals surface area contributed by atoms with E-state index in [-0.39, 0.29) is 0 Å². The molecule has 0 unspecified atom stereocenters. The molecule has 1 saturated carbocycles. The molecule has 1 aromatic heterocycles. The number of halogens is 1. The van der Waals surface area contributed by atoms with Gasteiger partial charge in [0.25, 0.3) is 0 Å². The zero-order valence-corrected chi connectivity index (χ0v) is 12.7. The lowest BCUT2D eigenvalue weighted by Crippen LogP contribution is -2.10. The van der Waals surface area contributed by atoms with E-state index in [1.807, 2.05) is 19.1 Å². The van der Waals surface area contributed by atoms with Crippen LogP contribution in [0.2, 0.25) is 0 Å². The van der Waals surface area contributed by atoms with Crippen molar-refractivity contribution in [2.75, 3.05) is 5.88 Å². The predicted molar refractivity (Wildman–Crippen MR) is 86.2 cm³/mol. The molecule has 0 N–H and O–H groups in total. The summed E-state index contributed by atoms with van der Waals surface area (Å²) in [7, 11) is 0. The molecule has 0 aliphatic heterocycles. The highest BCUT2D eigenvalue weighted by atomic mass is 35.5. The van der Waals surface area contributed by atoms with Gasteiger partial charge in [-0.05, 0) is 31.7 Å². The highest BCUT2D eigenvalue weighted by Gasteiger charge is 2.18. The Bertz CT molecular complexity index is 617. The van der Waals surface area contributed by atoms with E-state index >= 15 is 0 Å². The molecule has 2 heteroatoms. The van der Waals surface area contributed by atoms with E-state index in [9.17, 15) is 0 Å². The number of rotatable bonds is 3. The maximum absolute atomic E-state index is 6.22. The van der Waals surface area contributed by atoms with Crippen molar-refractivity contribution in [3.05, 3.63) is 41.2 Å². The normalized spacial score (nSPS) is 17.8. The lowest BCUT2D eigenvalue weighted by atomic mass is 9.83. The molecule has 3 rings (SSSR count). The van der Waals surface area contributed by atoms with Gasteiger partial charge in [-0.25, -0.2) is 0 Å². The number of para-hydroxylation sites is 1. The molecule has 1 aliphatic rings. The van der Waals surface area contributed by atoms with Crippen LogP contribution in [0.25, 0.3) is 17.0 Å². The summed E-state index contributed by atoms with van der Waals surface area (Å²) in [5.41, 5.74) is 3.55. The molecule has 1 aliphatic carbocycles. The first kappa shape index (κ1) is 13.8. The van der Waals surface area contributed by atoms with Crippen LogP contribution in [0, 0.1) is 12.8 Å². The number of hydrogen-bond acceptors (Lipinski definition) is 1. The van der Waals surface area contributed by atoms with Crippen molar-refractivity contribution < 1.29 is 4.42 Å². The minimum Gasteiger partial charge on any atom is -0.461 e. The second-order valence-corrected chi connectivity index (χ2v) is 6.02. The zero-order chi connectivity index (χ0) is 13.9. The third-order valence-corrected chi connectivity index (χ3v) is 4.74. The molecule has 0 amide bonds. The third kappa shape index (κ3) is 2.64. The maximum atomic E-state index is 6.22. The van der Waals surface area contributed by atoms with Crippen LogP contribution in [0.1, 0.15) is 43.4 Å². The van der Waals surface area contributed by atoms with E-state index in [0.717, 1.165) is 11.3 Å². The van der Waals surface area contributed by atoms with Crippen molar-refractivity contribution in [2.24, 2.45) is 5.92 Å². The highest BCUT2D eigenvalue weighted by Crippen LogP contribution is 2.34. The number of aryl methyl sites for hydroxylation is 1. The summed E-state index contributed by atoms with van der Waals surface area (Å²) in [5, 5.41) is 1.20. The van der Waals surface area contributed by atoms with Gasteiger partial charge in [-0.2, -0.15) is 0 Å². The van der Waals surface area contributed by atoms with Gasteiger partial charge >= 0.3 is 0 Å². The Balaban J connectivity index is 2.00. The second kappa shape index (κ2) is 6.05. The Hall–Kier alpha value is -1.21. The van der Waals surface area contributed by atoms with Crippen molar-refractivity contribution in [3.8, 4) is 0 Å². The fourth-order valence-corrected chi connectivity index (χ4v) is 3.59.